The van der Waals surface area contributed by atoms with Crippen LogP contribution < -0.4 is 10.2 Å². The first-order chi connectivity index (χ1) is 10.2. The Hall–Kier alpha value is -0.790. The molecule has 5 nitrogen and oxygen atoms in total. The van der Waals surface area contributed by atoms with E-state index in [0.29, 0.717) is 0 Å². The molecule has 0 saturated carbocycles. The lowest BCUT2D eigenvalue weighted by atomic mass is 10.2. The Morgan fingerprint density at radius 1 is 1.33 bits per heavy atom. The molecule has 114 valence electrons. The van der Waals surface area contributed by atoms with E-state index < -0.39 is 0 Å². The first-order valence-electron chi connectivity index (χ1n) is 7.20. The third-order valence-electron chi connectivity index (χ3n) is 3.85. The van der Waals surface area contributed by atoms with Crippen LogP contribution >= 0.6 is 27.7 Å². The number of piperazine rings is 1. The minimum absolute atomic E-state index is 0.00102. The number of amides is 1. The van der Waals surface area contributed by atoms with Gasteiger partial charge in [-0.15, -0.1) is 0 Å². The van der Waals surface area contributed by atoms with Gasteiger partial charge in [-0.05, 0) is 28.1 Å². The monoisotopic (exact) mass is 370 g/mol. The molecule has 0 aliphatic carbocycles. The Morgan fingerprint density at radius 2 is 2.14 bits per heavy atom. The largest absolute Gasteiger partial charge is 0.353 e. The summed E-state index contributed by atoms with van der Waals surface area (Å²) in [6.45, 7) is 4.18. The number of pyridine rings is 1. The number of hydrogen-bond donors (Lipinski definition) is 1. The van der Waals surface area contributed by atoms with E-state index in [1.54, 1.807) is 0 Å². The number of halogens is 1. The lowest BCUT2D eigenvalue weighted by Gasteiger charge is -2.37. The molecule has 0 spiro atoms. The summed E-state index contributed by atoms with van der Waals surface area (Å²) in [5.41, 5.74) is 0. The third-order valence-corrected chi connectivity index (χ3v) is 5.38. The molecule has 1 N–H and O–H groups in total. The van der Waals surface area contributed by atoms with E-state index in [2.05, 4.69) is 31.1 Å². The standard InChI is InChI=1S/C14H19BrN4OS/c15-11-1-2-13(17-9-11)18-4-6-19(7-5-18)14(20)12-10-21-8-3-16-12/h1-2,9,12,16H,3-8,10H2. The van der Waals surface area contributed by atoms with Gasteiger partial charge in [-0.25, -0.2) is 4.98 Å². The normalized spacial score (nSPS) is 23.2. The van der Waals surface area contributed by atoms with Gasteiger partial charge in [0.2, 0.25) is 5.91 Å². The van der Waals surface area contributed by atoms with Gasteiger partial charge in [0.05, 0.1) is 6.04 Å². The highest BCUT2D eigenvalue weighted by Gasteiger charge is 2.28. The van der Waals surface area contributed by atoms with Crippen molar-refractivity contribution in [3.63, 3.8) is 0 Å². The molecule has 1 unspecified atom stereocenters. The molecule has 1 aromatic rings. The molecule has 3 heterocycles. The second kappa shape index (κ2) is 6.98. The van der Waals surface area contributed by atoms with E-state index in [1.165, 1.54) is 0 Å². The number of carbonyl (C=O) groups is 1. The summed E-state index contributed by atoms with van der Waals surface area (Å²) >= 11 is 5.26. The van der Waals surface area contributed by atoms with Crippen molar-refractivity contribution < 1.29 is 4.79 Å². The van der Waals surface area contributed by atoms with Gasteiger partial charge in [0.25, 0.3) is 0 Å². The van der Waals surface area contributed by atoms with Crippen molar-refractivity contribution in [2.75, 3.05) is 49.1 Å². The minimum atomic E-state index is 0.00102. The zero-order valence-corrected chi connectivity index (χ0v) is 14.2. The molecule has 3 rings (SSSR count). The molecule has 1 atom stereocenters. The highest BCUT2D eigenvalue weighted by molar-refractivity contribution is 9.10. The second-order valence-corrected chi connectivity index (χ2v) is 7.29. The Kier molecular flexibility index (Phi) is 5.03. The molecule has 1 amide bonds. The third kappa shape index (κ3) is 3.70. The molecular formula is C14H19BrN4OS. The van der Waals surface area contributed by atoms with Gasteiger partial charge >= 0.3 is 0 Å². The van der Waals surface area contributed by atoms with Crippen LogP contribution in [0.1, 0.15) is 0 Å². The average Bonchev–Trinajstić information content (AvgIpc) is 2.56. The molecule has 2 fully saturated rings. The van der Waals surface area contributed by atoms with Crippen LogP contribution in [0.3, 0.4) is 0 Å². The van der Waals surface area contributed by atoms with Crippen molar-refractivity contribution in [3.8, 4) is 0 Å². The Balaban J connectivity index is 1.54. The molecular weight excluding hydrogens is 352 g/mol. The number of nitrogens with one attached hydrogen (secondary N) is 1. The van der Waals surface area contributed by atoms with Gasteiger partial charge in [0.15, 0.2) is 0 Å². The minimum Gasteiger partial charge on any atom is -0.353 e. The van der Waals surface area contributed by atoms with Gasteiger partial charge in [0, 0.05) is 54.9 Å². The maximum atomic E-state index is 12.5. The number of rotatable bonds is 2. The number of anilines is 1. The van der Waals surface area contributed by atoms with Crippen molar-refractivity contribution in [2.24, 2.45) is 0 Å². The Labute approximate surface area is 137 Å². The fourth-order valence-electron chi connectivity index (χ4n) is 2.66. The summed E-state index contributed by atoms with van der Waals surface area (Å²) in [5, 5.41) is 3.32. The number of thioether (sulfide) groups is 1. The van der Waals surface area contributed by atoms with Crippen molar-refractivity contribution >= 4 is 39.4 Å². The van der Waals surface area contributed by atoms with Crippen LogP contribution in [0.15, 0.2) is 22.8 Å². The van der Waals surface area contributed by atoms with Crippen molar-refractivity contribution in [3.05, 3.63) is 22.8 Å². The summed E-state index contributed by atoms with van der Waals surface area (Å²) in [4.78, 5) is 21.1. The molecule has 7 heteroatoms. The first-order valence-corrected chi connectivity index (χ1v) is 9.15. The Morgan fingerprint density at radius 3 is 2.76 bits per heavy atom. The van der Waals surface area contributed by atoms with E-state index >= 15 is 0 Å². The smallest absolute Gasteiger partial charge is 0.240 e. The zero-order chi connectivity index (χ0) is 14.7. The van der Waals surface area contributed by atoms with E-state index in [-0.39, 0.29) is 11.9 Å². The first kappa shape index (κ1) is 15.1. The van der Waals surface area contributed by atoms with Crippen molar-refractivity contribution in [2.45, 2.75) is 6.04 Å². The van der Waals surface area contributed by atoms with Gasteiger partial charge in [-0.1, -0.05) is 0 Å². The summed E-state index contributed by atoms with van der Waals surface area (Å²) in [7, 11) is 0. The molecule has 2 aliphatic heterocycles. The lowest BCUT2D eigenvalue weighted by Crippen LogP contribution is -2.56. The van der Waals surface area contributed by atoms with Gasteiger partial charge in [0.1, 0.15) is 5.82 Å². The van der Waals surface area contributed by atoms with Gasteiger partial charge < -0.3 is 15.1 Å². The lowest BCUT2D eigenvalue weighted by molar-refractivity contribution is -0.133. The fourth-order valence-corrected chi connectivity index (χ4v) is 3.81. The predicted molar refractivity (Wildman–Crippen MR) is 89.8 cm³/mol. The average molecular weight is 371 g/mol. The van der Waals surface area contributed by atoms with Crippen LogP contribution in [-0.4, -0.2) is 66.1 Å². The maximum Gasteiger partial charge on any atom is 0.240 e. The summed E-state index contributed by atoms with van der Waals surface area (Å²) < 4.78 is 0.987. The van der Waals surface area contributed by atoms with E-state index in [1.807, 2.05) is 35.0 Å². The number of carbonyl (C=O) groups excluding carboxylic acids is 1. The van der Waals surface area contributed by atoms with Crippen molar-refractivity contribution in [1.29, 1.82) is 0 Å². The molecule has 2 aliphatic rings. The summed E-state index contributed by atoms with van der Waals surface area (Å²) in [6.07, 6.45) is 1.82. The SMILES string of the molecule is O=C(C1CSCCN1)N1CCN(c2ccc(Br)cn2)CC1. The molecule has 21 heavy (non-hydrogen) atoms. The van der Waals surface area contributed by atoms with Crippen LogP contribution in [0.25, 0.3) is 0 Å². The highest BCUT2D eigenvalue weighted by Crippen LogP contribution is 2.17. The van der Waals surface area contributed by atoms with Gasteiger partial charge in [-0.2, -0.15) is 11.8 Å². The molecule has 2 saturated heterocycles. The number of aromatic nitrogens is 1. The summed E-state index contributed by atoms with van der Waals surface area (Å²) in [5.74, 6) is 3.24. The van der Waals surface area contributed by atoms with Crippen LogP contribution in [0.2, 0.25) is 0 Å². The number of nitrogens with zero attached hydrogens (tertiary/aromatic N) is 3. The summed E-state index contributed by atoms with van der Waals surface area (Å²) in [6, 6.07) is 4.02. The fraction of sp³-hybridized carbons (Fsp3) is 0.571. The van der Waals surface area contributed by atoms with Crippen LogP contribution in [0.4, 0.5) is 5.82 Å². The van der Waals surface area contributed by atoms with E-state index in [0.717, 1.165) is 54.5 Å². The molecule has 0 radical (unpaired) electrons. The van der Waals surface area contributed by atoms with E-state index in [4.69, 9.17) is 0 Å². The number of hydrogen-bond acceptors (Lipinski definition) is 5. The van der Waals surface area contributed by atoms with Crippen LogP contribution in [0.5, 0.6) is 0 Å². The Bertz CT molecular complexity index is 484. The topological polar surface area (TPSA) is 48.5 Å². The molecule has 1 aromatic heterocycles. The quantitative estimate of drug-likeness (QED) is 0.847. The highest BCUT2D eigenvalue weighted by atomic mass is 79.9. The molecule has 0 aromatic carbocycles. The molecule has 0 bridgehead atoms. The van der Waals surface area contributed by atoms with Crippen LogP contribution in [-0.2, 0) is 4.79 Å². The van der Waals surface area contributed by atoms with E-state index in [9.17, 15) is 4.79 Å². The predicted octanol–water partition coefficient (Wildman–Crippen LogP) is 1.20. The maximum absolute atomic E-state index is 12.5. The van der Waals surface area contributed by atoms with Crippen LogP contribution in [0, 0.1) is 0 Å². The zero-order valence-electron chi connectivity index (χ0n) is 11.8. The van der Waals surface area contributed by atoms with Gasteiger partial charge in [-0.3, -0.25) is 4.79 Å². The second-order valence-electron chi connectivity index (χ2n) is 5.23. The van der Waals surface area contributed by atoms with Crippen molar-refractivity contribution in [1.82, 2.24) is 15.2 Å².